The van der Waals surface area contributed by atoms with E-state index in [9.17, 15) is 9.18 Å². The summed E-state index contributed by atoms with van der Waals surface area (Å²) >= 11 is 2.99. The van der Waals surface area contributed by atoms with Gasteiger partial charge in [-0.15, -0.1) is 11.3 Å². The minimum atomic E-state index is -0.242. The van der Waals surface area contributed by atoms with Crippen molar-refractivity contribution in [2.24, 2.45) is 0 Å². The van der Waals surface area contributed by atoms with Crippen molar-refractivity contribution in [1.29, 1.82) is 0 Å². The maximum Gasteiger partial charge on any atom is 0.267 e. The predicted molar refractivity (Wildman–Crippen MR) is 129 cm³/mol. The number of aryl methyl sites for hydroxylation is 4. The Balaban J connectivity index is 1.90. The van der Waals surface area contributed by atoms with Crippen LogP contribution >= 0.6 is 23.1 Å². The van der Waals surface area contributed by atoms with Crippen molar-refractivity contribution in [3.63, 3.8) is 0 Å². The topological polar surface area (TPSA) is 34.9 Å². The molecule has 0 spiro atoms. The summed E-state index contributed by atoms with van der Waals surface area (Å²) in [5.74, 6) is 0.162. The van der Waals surface area contributed by atoms with E-state index in [1.807, 2.05) is 38.1 Å². The van der Waals surface area contributed by atoms with Crippen LogP contribution in [0, 0.1) is 26.6 Å². The van der Waals surface area contributed by atoms with Gasteiger partial charge in [0, 0.05) is 10.6 Å². The second-order valence-electron chi connectivity index (χ2n) is 7.76. The summed E-state index contributed by atoms with van der Waals surface area (Å²) in [7, 11) is 0. The molecule has 0 fully saturated rings. The summed E-state index contributed by atoms with van der Waals surface area (Å²) in [4.78, 5) is 20.6. The third-order valence-electron chi connectivity index (χ3n) is 5.57. The second kappa shape index (κ2) is 8.97. The first-order valence-electron chi connectivity index (χ1n) is 10.4. The van der Waals surface area contributed by atoms with E-state index in [2.05, 4.69) is 13.8 Å². The van der Waals surface area contributed by atoms with Crippen LogP contribution < -0.4 is 5.56 Å². The number of halogens is 1. The molecule has 0 amide bonds. The molecule has 0 aliphatic carbocycles. The van der Waals surface area contributed by atoms with Crippen molar-refractivity contribution in [2.45, 2.75) is 51.4 Å². The molecule has 0 radical (unpaired) electrons. The zero-order chi connectivity index (χ0) is 22.1. The average Bonchev–Trinajstić information content (AvgIpc) is 3.05. The normalized spacial score (nSPS) is 11.4. The van der Waals surface area contributed by atoms with Gasteiger partial charge in [-0.25, -0.2) is 9.37 Å². The van der Waals surface area contributed by atoms with Crippen molar-refractivity contribution in [1.82, 2.24) is 9.55 Å². The molecule has 0 bridgehead atoms. The fourth-order valence-corrected chi connectivity index (χ4v) is 5.94. The van der Waals surface area contributed by atoms with Gasteiger partial charge in [-0.1, -0.05) is 49.4 Å². The lowest BCUT2D eigenvalue weighted by atomic mass is 10.1. The van der Waals surface area contributed by atoms with E-state index >= 15 is 0 Å². The molecule has 4 aromatic rings. The van der Waals surface area contributed by atoms with Crippen LogP contribution in [0.1, 0.15) is 40.5 Å². The lowest BCUT2D eigenvalue weighted by molar-refractivity contribution is 0.617. The molecule has 0 aliphatic heterocycles. The smallest absolute Gasteiger partial charge is 0.267 e. The fourth-order valence-electron chi connectivity index (χ4n) is 3.62. The molecule has 3 nitrogen and oxygen atoms in total. The Morgan fingerprint density at radius 1 is 1.10 bits per heavy atom. The van der Waals surface area contributed by atoms with E-state index < -0.39 is 0 Å². The van der Waals surface area contributed by atoms with Crippen LogP contribution in [-0.4, -0.2) is 9.55 Å². The number of benzene rings is 2. The van der Waals surface area contributed by atoms with Crippen molar-refractivity contribution < 1.29 is 4.39 Å². The maximum atomic E-state index is 14.2. The van der Waals surface area contributed by atoms with E-state index in [-0.39, 0.29) is 11.4 Å². The molecule has 2 heterocycles. The Hall–Kier alpha value is -2.44. The number of nitrogens with zero attached hydrogens (tertiary/aromatic N) is 2. The Labute approximate surface area is 190 Å². The molecule has 2 aromatic carbocycles. The van der Waals surface area contributed by atoms with Gasteiger partial charge in [0.2, 0.25) is 0 Å². The quantitative estimate of drug-likeness (QED) is 0.240. The fraction of sp³-hybridized carbons (Fsp3) is 0.280. The van der Waals surface area contributed by atoms with E-state index in [0.717, 1.165) is 34.5 Å². The van der Waals surface area contributed by atoms with Gasteiger partial charge < -0.3 is 0 Å². The highest BCUT2D eigenvalue weighted by Gasteiger charge is 2.19. The SMILES string of the molecule is CCCc1sc2nc(SCc3ccccc3F)n(-c3ccc(C)c(C)c3)c(=O)c2c1C. The summed E-state index contributed by atoms with van der Waals surface area (Å²) in [6.45, 7) is 8.25. The van der Waals surface area contributed by atoms with Gasteiger partial charge in [-0.2, -0.15) is 0 Å². The molecule has 0 saturated heterocycles. The van der Waals surface area contributed by atoms with Crippen LogP contribution in [0.5, 0.6) is 0 Å². The van der Waals surface area contributed by atoms with Gasteiger partial charge in [-0.3, -0.25) is 9.36 Å². The first kappa shape index (κ1) is 21.8. The third kappa shape index (κ3) is 4.19. The van der Waals surface area contributed by atoms with Crippen molar-refractivity contribution in [3.8, 4) is 5.69 Å². The minimum Gasteiger partial charge on any atom is -0.268 e. The van der Waals surface area contributed by atoms with Crippen LogP contribution in [0.25, 0.3) is 15.9 Å². The third-order valence-corrected chi connectivity index (χ3v) is 7.81. The van der Waals surface area contributed by atoms with Gasteiger partial charge >= 0.3 is 0 Å². The molecule has 0 saturated carbocycles. The van der Waals surface area contributed by atoms with Crippen LogP contribution in [0.3, 0.4) is 0 Å². The molecule has 0 atom stereocenters. The molecule has 2 aromatic heterocycles. The average molecular weight is 453 g/mol. The molecule has 6 heteroatoms. The van der Waals surface area contributed by atoms with Crippen LogP contribution in [0.4, 0.5) is 4.39 Å². The zero-order valence-electron chi connectivity index (χ0n) is 18.2. The van der Waals surface area contributed by atoms with E-state index in [1.54, 1.807) is 28.0 Å². The Morgan fingerprint density at radius 2 is 1.87 bits per heavy atom. The highest BCUT2D eigenvalue weighted by atomic mass is 32.2. The summed E-state index contributed by atoms with van der Waals surface area (Å²) in [5.41, 5.74) is 4.65. The Bertz CT molecular complexity index is 1320. The molecular formula is C25H25FN2OS2. The molecule has 0 N–H and O–H groups in total. The van der Waals surface area contributed by atoms with Gasteiger partial charge in [0.15, 0.2) is 5.16 Å². The maximum absolute atomic E-state index is 14.2. The first-order chi connectivity index (χ1) is 14.9. The summed E-state index contributed by atoms with van der Waals surface area (Å²) in [6, 6.07) is 12.7. The van der Waals surface area contributed by atoms with E-state index in [1.165, 1.54) is 28.3 Å². The van der Waals surface area contributed by atoms with Gasteiger partial charge in [0.1, 0.15) is 10.6 Å². The minimum absolute atomic E-state index is 0.0552. The number of thiophene rings is 1. The monoisotopic (exact) mass is 452 g/mol. The van der Waals surface area contributed by atoms with Crippen LogP contribution in [0.2, 0.25) is 0 Å². The number of fused-ring (bicyclic) bond motifs is 1. The van der Waals surface area contributed by atoms with Gasteiger partial charge in [-0.05, 0) is 67.6 Å². The van der Waals surface area contributed by atoms with E-state index in [4.69, 9.17) is 4.98 Å². The molecule has 4 rings (SSSR count). The Kier molecular flexibility index (Phi) is 6.30. The van der Waals surface area contributed by atoms with Crippen LogP contribution in [-0.2, 0) is 12.2 Å². The number of thioether (sulfide) groups is 1. The highest BCUT2D eigenvalue weighted by molar-refractivity contribution is 7.98. The van der Waals surface area contributed by atoms with Crippen molar-refractivity contribution in [3.05, 3.63) is 85.8 Å². The number of rotatable bonds is 6. The lowest BCUT2D eigenvalue weighted by Gasteiger charge is -2.14. The number of aromatic nitrogens is 2. The largest absolute Gasteiger partial charge is 0.268 e. The molecule has 31 heavy (non-hydrogen) atoms. The number of hydrogen-bond acceptors (Lipinski definition) is 4. The molecule has 160 valence electrons. The molecular weight excluding hydrogens is 427 g/mol. The highest BCUT2D eigenvalue weighted by Crippen LogP contribution is 2.32. The first-order valence-corrected chi connectivity index (χ1v) is 12.2. The lowest BCUT2D eigenvalue weighted by Crippen LogP contribution is -2.22. The van der Waals surface area contributed by atoms with Crippen molar-refractivity contribution >= 4 is 33.3 Å². The summed E-state index contributed by atoms with van der Waals surface area (Å²) in [5, 5.41) is 1.29. The summed E-state index contributed by atoms with van der Waals surface area (Å²) in [6.07, 6.45) is 1.96. The second-order valence-corrected chi connectivity index (χ2v) is 9.79. The van der Waals surface area contributed by atoms with E-state index in [0.29, 0.717) is 21.9 Å². The molecule has 0 aliphatic rings. The van der Waals surface area contributed by atoms with Gasteiger partial charge in [0.25, 0.3) is 5.56 Å². The zero-order valence-corrected chi connectivity index (χ0v) is 19.8. The van der Waals surface area contributed by atoms with Crippen molar-refractivity contribution in [2.75, 3.05) is 0 Å². The predicted octanol–water partition coefficient (Wildman–Crippen LogP) is 6.76. The number of hydrogen-bond donors (Lipinski definition) is 0. The van der Waals surface area contributed by atoms with Gasteiger partial charge in [0.05, 0.1) is 11.1 Å². The standard InChI is InChI=1S/C25H25FN2OS2/c1-5-8-21-17(4)22-23(31-21)27-25(30-14-18-9-6-7-10-20(18)26)28(24(22)29)19-12-11-15(2)16(3)13-19/h6-7,9-13H,5,8,14H2,1-4H3. The van der Waals surface area contributed by atoms with Crippen LogP contribution in [0.15, 0.2) is 52.4 Å². The molecule has 0 unspecified atom stereocenters. The Morgan fingerprint density at radius 3 is 2.58 bits per heavy atom. The summed E-state index contributed by atoms with van der Waals surface area (Å²) < 4.78 is 15.9.